The number of methoxy groups -OCH3 is 1. The Morgan fingerprint density at radius 3 is 2.87 bits per heavy atom. The number of hydrogen-bond acceptors (Lipinski definition) is 4. The summed E-state index contributed by atoms with van der Waals surface area (Å²) in [6.07, 6.45) is 0.738. The number of rotatable bonds is 6. The number of halogens is 1. The fraction of sp³-hybridized carbons (Fsp3) is 0.500. The summed E-state index contributed by atoms with van der Waals surface area (Å²) in [5.74, 6) is -0.657. The molecule has 1 unspecified atom stereocenters. The maximum atomic E-state index is 13.4. The highest BCUT2D eigenvalue weighted by Gasteiger charge is 2.45. The number of carbonyl (C=O) groups excluding carboxylic acids is 2. The summed E-state index contributed by atoms with van der Waals surface area (Å²) in [6.45, 7) is 1.06. The molecular weight excluding hydrogens is 301 g/mol. The number of amides is 2. The smallest absolute Gasteiger partial charge is 0.247 e. The van der Waals surface area contributed by atoms with Gasteiger partial charge in [0.1, 0.15) is 11.4 Å². The van der Waals surface area contributed by atoms with Gasteiger partial charge in [-0.1, -0.05) is 6.07 Å². The summed E-state index contributed by atoms with van der Waals surface area (Å²) in [5, 5.41) is 5.74. The molecule has 1 aromatic carbocycles. The van der Waals surface area contributed by atoms with E-state index in [2.05, 4.69) is 10.6 Å². The van der Waals surface area contributed by atoms with E-state index in [-0.39, 0.29) is 30.6 Å². The SMILES string of the molecule is CNC(=O)C1(Nc2cccc(F)c2)CCN(C(=O)CCOC)C1. The molecule has 2 N–H and O–H groups in total. The van der Waals surface area contributed by atoms with Crippen molar-refractivity contribution in [3.63, 3.8) is 0 Å². The number of nitrogens with one attached hydrogen (secondary N) is 2. The Labute approximate surface area is 135 Å². The van der Waals surface area contributed by atoms with Gasteiger partial charge in [-0.2, -0.15) is 0 Å². The molecule has 0 saturated carbocycles. The molecule has 6 nitrogen and oxygen atoms in total. The van der Waals surface area contributed by atoms with Gasteiger partial charge in [0, 0.05) is 26.4 Å². The van der Waals surface area contributed by atoms with Crippen LogP contribution in [-0.2, 0) is 14.3 Å². The predicted molar refractivity (Wildman–Crippen MR) is 84.5 cm³/mol. The van der Waals surface area contributed by atoms with E-state index in [1.54, 1.807) is 24.1 Å². The van der Waals surface area contributed by atoms with Gasteiger partial charge in [0.05, 0.1) is 19.6 Å². The van der Waals surface area contributed by atoms with Gasteiger partial charge >= 0.3 is 0 Å². The molecular formula is C16H22FN3O3. The topological polar surface area (TPSA) is 70.7 Å². The maximum absolute atomic E-state index is 13.4. The van der Waals surface area contributed by atoms with Crippen LogP contribution in [0, 0.1) is 5.82 Å². The van der Waals surface area contributed by atoms with Crippen molar-refractivity contribution < 1.29 is 18.7 Å². The monoisotopic (exact) mass is 323 g/mol. The first-order chi connectivity index (χ1) is 11.0. The van der Waals surface area contributed by atoms with Crippen LogP contribution in [0.2, 0.25) is 0 Å². The van der Waals surface area contributed by atoms with Crippen LogP contribution in [0.1, 0.15) is 12.8 Å². The number of likely N-dealkylation sites (tertiary alicyclic amines) is 1. The van der Waals surface area contributed by atoms with Gasteiger partial charge in [0.2, 0.25) is 11.8 Å². The summed E-state index contributed by atoms with van der Waals surface area (Å²) >= 11 is 0. The lowest BCUT2D eigenvalue weighted by Crippen LogP contribution is -2.54. The number of anilines is 1. The molecule has 126 valence electrons. The number of carbonyl (C=O) groups is 2. The molecule has 1 fully saturated rings. The molecule has 0 radical (unpaired) electrons. The number of benzene rings is 1. The molecule has 0 aliphatic carbocycles. The van der Waals surface area contributed by atoms with E-state index in [0.29, 0.717) is 25.3 Å². The second-order valence-electron chi connectivity index (χ2n) is 5.60. The zero-order valence-electron chi connectivity index (χ0n) is 13.4. The van der Waals surface area contributed by atoms with Crippen molar-refractivity contribution in [1.29, 1.82) is 0 Å². The van der Waals surface area contributed by atoms with Crippen molar-refractivity contribution in [3.05, 3.63) is 30.1 Å². The van der Waals surface area contributed by atoms with Crippen molar-refractivity contribution in [1.82, 2.24) is 10.2 Å². The van der Waals surface area contributed by atoms with Gasteiger partial charge in [-0.15, -0.1) is 0 Å². The number of ether oxygens (including phenoxy) is 1. The van der Waals surface area contributed by atoms with Crippen LogP contribution in [0.3, 0.4) is 0 Å². The van der Waals surface area contributed by atoms with Crippen molar-refractivity contribution >= 4 is 17.5 Å². The van der Waals surface area contributed by atoms with Crippen LogP contribution in [0.15, 0.2) is 24.3 Å². The van der Waals surface area contributed by atoms with E-state index in [9.17, 15) is 14.0 Å². The minimum absolute atomic E-state index is 0.0568. The van der Waals surface area contributed by atoms with E-state index in [4.69, 9.17) is 4.74 Å². The van der Waals surface area contributed by atoms with E-state index in [1.807, 2.05) is 0 Å². The highest BCUT2D eigenvalue weighted by atomic mass is 19.1. The highest BCUT2D eigenvalue weighted by Crippen LogP contribution is 2.27. The van der Waals surface area contributed by atoms with E-state index in [1.165, 1.54) is 19.2 Å². The quantitative estimate of drug-likeness (QED) is 0.819. The number of hydrogen-bond donors (Lipinski definition) is 2. The highest BCUT2D eigenvalue weighted by molar-refractivity contribution is 5.91. The minimum atomic E-state index is -0.953. The zero-order chi connectivity index (χ0) is 16.9. The molecule has 2 amide bonds. The minimum Gasteiger partial charge on any atom is -0.384 e. The van der Waals surface area contributed by atoms with E-state index in [0.717, 1.165) is 0 Å². The third kappa shape index (κ3) is 3.98. The molecule has 1 aromatic rings. The van der Waals surface area contributed by atoms with Crippen LogP contribution in [0.4, 0.5) is 10.1 Å². The molecule has 1 saturated heterocycles. The Kier molecular flexibility index (Phi) is 5.54. The Morgan fingerprint density at radius 1 is 1.43 bits per heavy atom. The fourth-order valence-electron chi connectivity index (χ4n) is 2.80. The van der Waals surface area contributed by atoms with Crippen molar-refractivity contribution in [2.75, 3.05) is 39.2 Å². The molecule has 2 rings (SSSR count). The summed E-state index contributed by atoms with van der Waals surface area (Å²) < 4.78 is 18.3. The second kappa shape index (κ2) is 7.41. The molecule has 23 heavy (non-hydrogen) atoms. The lowest BCUT2D eigenvalue weighted by Gasteiger charge is -2.30. The van der Waals surface area contributed by atoms with Crippen LogP contribution >= 0.6 is 0 Å². The molecule has 0 aromatic heterocycles. The Bertz CT molecular complexity index is 581. The van der Waals surface area contributed by atoms with Crippen molar-refractivity contribution in [3.8, 4) is 0 Å². The number of likely N-dealkylation sites (N-methyl/N-ethyl adjacent to an activating group) is 1. The average Bonchev–Trinajstić information content (AvgIpc) is 2.97. The third-order valence-corrected chi connectivity index (χ3v) is 4.01. The Balaban J connectivity index is 2.15. The van der Waals surface area contributed by atoms with Crippen LogP contribution in [0.5, 0.6) is 0 Å². The van der Waals surface area contributed by atoms with Gasteiger partial charge < -0.3 is 20.3 Å². The molecule has 0 spiro atoms. The normalized spacial score (nSPS) is 20.4. The second-order valence-corrected chi connectivity index (χ2v) is 5.60. The standard InChI is InChI=1S/C16H22FN3O3/c1-18-15(22)16(19-13-5-3-4-12(17)10-13)7-8-20(11-16)14(21)6-9-23-2/h3-5,10,19H,6-9,11H2,1-2H3,(H,18,22). The first-order valence-electron chi connectivity index (χ1n) is 7.53. The largest absolute Gasteiger partial charge is 0.384 e. The molecule has 0 bridgehead atoms. The molecule has 7 heteroatoms. The van der Waals surface area contributed by atoms with Gasteiger partial charge in [-0.05, 0) is 24.6 Å². The Hall–Kier alpha value is -2.15. The van der Waals surface area contributed by atoms with E-state index >= 15 is 0 Å². The van der Waals surface area contributed by atoms with Crippen molar-refractivity contribution in [2.24, 2.45) is 0 Å². The van der Waals surface area contributed by atoms with Crippen LogP contribution in [0.25, 0.3) is 0 Å². The van der Waals surface area contributed by atoms with Crippen molar-refractivity contribution in [2.45, 2.75) is 18.4 Å². The molecule has 1 atom stereocenters. The summed E-state index contributed by atoms with van der Waals surface area (Å²) in [6, 6.07) is 5.95. The summed E-state index contributed by atoms with van der Waals surface area (Å²) in [5.41, 5.74) is -0.439. The van der Waals surface area contributed by atoms with E-state index < -0.39 is 5.54 Å². The van der Waals surface area contributed by atoms with Gasteiger partial charge in [-0.3, -0.25) is 9.59 Å². The van der Waals surface area contributed by atoms with Gasteiger partial charge in [-0.25, -0.2) is 4.39 Å². The van der Waals surface area contributed by atoms with Gasteiger partial charge in [0.15, 0.2) is 0 Å². The van der Waals surface area contributed by atoms with Gasteiger partial charge in [0.25, 0.3) is 0 Å². The lowest BCUT2D eigenvalue weighted by atomic mass is 9.96. The first kappa shape index (κ1) is 17.2. The molecule has 1 aliphatic rings. The zero-order valence-corrected chi connectivity index (χ0v) is 13.4. The number of nitrogens with zero attached hydrogens (tertiary/aromatic N) is 1. The predicted octanol–water partition coefficient (Wildman–Crippen LogP) is 0.991. The fourth-order valence-corrected chi connectivity index (χ4v) is 2.80. The Morgan fingerprint density at radius 2 is 2.22 bits per heavy atom. The first-order valence-corrected chi connectivity index (χ1v) is 7.53. The van der Waals surface area contributed by atoms with Crippen LogP contribution < -0.4 is 10.6 Å². The summed E-state index contributed by atoms with van der Waals surface area (Å²) in [4.78, 5) is 26.2. The van der Waals surface area contributed by atoms with Crippen LogP contribution in [-0.4, -0.2) is 56.1 Å². The molecule has 1 aliphatic heterocycles. The third-order valence-electron chi connectivity index (χ3n) is 4.01. The molecule has 1 heterocycles. The summed E-state index contributed by atoms with van der Waals surface area (Å²) in [7, 11) is 3.09. The maximum Gasteiger partial charge on any atom is 0.247 e. The average molecular weight is 323 g/mol. The lowest BCUT2D eigenvalue weighted by molar-refractivity contribution is -0.131.